The lowest BCUT2D eigenvalue weighted by Crippen LogP contribution is -2.14. The molecule has 0 spiro atoms. The van der Waals surface area contributed by atoms with Crippen LogP contribution in [-0.4, -0.2) is 26.6 Å². The lowest BCUT2D eigenvalue weighted by Gasteiger charge is -2.11. The number of nitrogens with one attached hydrogen (secondary N) is 1. The summed E-state index contributed by atoms with van der Waals surface area (Å²) in [5.74, 6) is -0.606. The van der Waals surface area contributed by atoms with Gasteiger partial charge in [-0.05, 0) is 58.4 Å². The van der Waals surface area contributed by atoms with E-state index in [0.717, 1.165) is 6.07 Å². The maximum Gasteiger partial charge on any atom is 0.335 e. The fourth-order valence-corrected chi connectivity index (χ4v) is 3.76. The summed E-state index contributed by atoms with van der Waals surface area (Å²) in [6, 6.07) is 10.1. The highest BCUT2D eigenvalue weighted by molar-refractivity contribution is 9.10. The predicted octanol–water partition coefficient (Wildman–Crippen LogP) is 2.96. The van der Waals surface area contributed by atoms with Gasteiger partial charge in [-0.3, -0.25) is 4.72 Å². The average Bonchev–Trinajstić information content (AvgIpc) is 2.47. The van der Waals surface area contributed by atoms with E-state index in [1.807, 2.05) is 0 Å². The van der Waals surface area contributed by atoms with Crippen molar-refractivity contribution in [2.45, 2.75) is 4.90 Å². The molecule has 0 saturated heterocycles. The molecule has 2 rings (SSSR count). The average molecular weight is 386 g/mol. The second-order valence-electron chi connectivity index (χ2n) is 4.28. The summed E-state index contributed by atoms with van der Waals surface area (Å²) in [5, 5.41) is 8.97. The van der Waals surface area contributed by atoms with Crippen LogP contribution >= 0.6 is 15.9 Å². The van der Waals surface area contributed by atoms with Crippen LogP contribution in [0.4, 0.5) is 5.69 Å². The molecule has 2 aromatic carbocycles. The minimum atomic E-state index is -3.92. The van der Waals surface area contributed by atoms with Gasteiger partial charge in [0.25, 0.3) is 10.0 Å². The Hall–Kier alpha value is -2.06. The minimum absolute atomic E-state index is 0.113. The fourth-order valence-electron chi connectivity index (χ4n) is 1.71. The summed E-state index contributed by atoms with van der Waals surface area (Å²) in [6.07, 6.45) is 0. The topological polar surface area (TPSA) is 92.7 Å². The van der Waals surface area contributed by atoms with Gasteiger partial charge in [-0.2, -0.15) is 0 Å². The van der Waals surface area contributed by atoms with Crippen LogP contribution in [0, 0.1) is 0 Å². The molecule has 6 nitrogen and oxygen atoms in total. The van der Waals surface area contributed by atoms with Crippen LogP contribution in [0.15, 0.2) is 51.8 Å². The molecule has 0 saturated carbocycles. The molecular weight excluding hydrogens is 374 g/mol. The van der Waals surface area contributed by atoms with Gasteiger partial charge in [0.2, 0.25) is 0 Å². The van der Waals surface area contributed by atoms with Gasteiger partial charge in [-0.25, -0.2) is 13.2 Å². The highest BCUT2D eigenvalue weighted by atomic mass is 79.9. The fraction of sp³-hybridized carbons (Fsp3) is 0.0714. The first-order chi connectivity index (χ1) is 10.3. The first-order valence-corrected chi connectivity index (χ1v) is 8.31. The number of sulfonamides is 1. The largest absolute Gasteiger partial charge is 0.497 e. The van der Waals surface area contributed by atoms with Crippen LogP contribution in [0.5, 0.6) is 5.75 Å². The lowest BCUT2D eigenvalue weighted by atomic mass is 10.2. The quantitative estimate of drug-likeness (QED) is 0.824. The van der Waals surface area contributed by atoms with E-state index in [1.54, 1.807) is 24.3 Å². The van der Waals surface area contributed by atoms with Gasteiger partial charge in [0.15, 0.2) is 0 Å². The minimum Gasteiger partial charge on any atom is -0.497 e. The van der Waals surface area contributed by atoms with E-state index in [4.69, 9.17) is 9.84 Å². The molecule has 0 fully saturated rings. The van der Waals surface area contributed by atoms with Gasteiger partial charge in [0.1, 0.15) is 10.6 Å². The van der Waals surface area contributed by atoms with Gasteiger partial charge in [-0.15, -0.1) is 0 Å². The van der Waals surface area contributed by atoms with E-state index in [9.17, 15) is 13.2 Å². The molecule has 0 heterocycles. The van der Waals surface area contributed by atoms with Crippen molar-refractivity contribution >= 4 is 37.6 Å². The summed E-state index contributed by atoms with van der Waals surface area (Å²) < 4.78 is 32.4. The van der Waals surface area contributed by atoms with Crippen molar-refractivity contribution in [3.63, 3.8) is 0 Å². The number of carbonyl (C=O) groups is 1. The van der Waals surface area contributed by atoms with Crippen LogP contribution in [0.3, 0.4) is 0 Å². The van der Waals surface area contributed by atoms with E-state index >= 15 is 0 Å². The smallest absolute Gasteiger partial charge is 0.335 e. The molecule has 0 aliphatic carbocycles. The maximum absolute atomic E-state index is 12.4. The molecule has 8 heteroatoms. The monoisotopic (exact) mass is 385 g/mol. The zero-order valence-electron chi connectivity index (χ0n) is 11.4. The first-order valence-electron chi connectivity index (χ1n) is 6.03. The van der Waals surface area contributed by atoms with Crippen LogP contribution in [0.2, 0.25) is 0 Å². The van der Waals surface area contributed by atoms with Crippen molar-refractivity contribution in [2.24, 2.45) is 0 Å². The molecule has 0 unspecified atom stereocenters. The van der Waals surface area contributed by atoms with E-state index in [1.165, 1.54) is 19.2 Å². The number of halogens is 1. The zero-order chi connectivity index (χ0) is 16.3. The second-order valence-corrected chi connectivity index (χ2v) is 6.79. The SMILES string of the molecule is COc1ccc(NS(=O)(=O)c2cc(C(=O)O)ccc2Br)cc1. The number of carboxylic acids is 1. The van der Waals surface area contributed by atoms with Gasteiger partial charge in [0.05, 0.1) is 12.7 Å². The molecule has 0 amide bonds. The Morgan fingerprint density at radius 2 is 1.82 bits per heavy atom. The number of anilines is 1. The van der Waals surface area contributed by atoms with Crippen molar-refractivity contribution in [3.05, 3.63) is 52.5 Å². The van der Waals surface area contributed by atoms with Crippen molar-refractivity contribution in [1.29, 1.82) is 0 Å². The number of carboxylic acid groups (broad SMARTS) is 1. The highest BCUT2D eigenvalue weighted by Crippen LogP contribution is 2.26. The van der Waals surface area contributed by atoms with E-state index in [-0.39, 0.29) is 14.9 Å². The van der Waals surface area contributed by atoms with E-state index in [0.29, 0.717) is 11.4 Å². The third kappa shape index (κ3) is 3.58. The summed E-state index contributed by atoms with van der Waals surface area (Å²) in [7, 11) is -2.41. The third-order valence-corrected chi connectivity index (χ3v) is 5.19. The Morgan fingerprint density at radius 3 is 2.36 bits per heavy atom. The normalized spacial score (nSPS) is 11.0. The van der Waals surface area contributed by atoms with Gasteiger partial charge in [-0.1, -0.05) is 0 Å². The van der Waals surface area contributed by atoms with Crippen molar-refractivity contribution in [2.75, 3.05) is 11.8 Å². The number of hydrogen-bond acceptors (Lipinski definition) is 4. The Balaban J connectivity index is 2.37. The third-order valence-electron chi connectivity index (χ3n) is 2.81. The van der Waals surface area contributed by atoms with E-state index in [2.05, 4.69) is 20.7 Å². The summed E-state index contributed by atoms with van der Waals surface area (Å²) in [6.45, 7) is 0. The lowest BCUT2D eigenvalue weighted by molar-refractivity contribution is 0.0696. The Kier molecular flexibility index (Phi) is 4.72. The Morgan fingerprint density at radius 1 is 1.18 bits per heavy atom. The summed E-state index contributed by atoms with van der Waals surface area (Å²) in [5.41, 5.74) is 0.228. The number of methoxy groups -OCH3 is 1. The van der Waals surface area contributed by atoms with Crippen molar-refractivity contribution in [1.82, 2.24) is 0 Å². The van der Waals surface area contributed by atoms with Crippen LogP contribution < -0.4 is 9.46 Å². The molecule has 22 heavy (non-hydrogen) atoms. The predicted molar refractivity (Wildman–Crippen MR) is 84.9 cm³/mol. The van der Waals surface area contributed by atoms with Crippen LogP contribution in [0.25, 0.3) is 0 Å². The molecule has 2 aromatic rings. The van der Waals surface area contributed by atoms with Crippen molar-refractivity contribution < 1.29 is 23.1 Å². The van der Waals surface area contributed by atoms with E-state index < -0.39 is 16.0 Å². The number of benzene rings is 2. The zero-order valence-corrected chi connectivity index (χ0v) is 13.8. The number of hydrogen-bond donors (Lipinski definition) is 2. The molecule has 116 valence electrons. The Bertz CT molecular complexity index is 802. The van der Waals surface area contributed by atoms with Crippen LogP contribution in [0.1, 0.15) is 10.4 Å². The van der Waals surface area contributed by atoms with Crippen molar-refractivity contribution in [3.8, 4) is 5.75 Å². The molecule has 0 aromatic heterocycles. The number of ether oxygens (including phenoxy) is 1. The standard InChI is InChI=1S/C14H12BrNO5S/c1-21-11-5-3-10(4-6-11)16-22(19,20)13-8-9(14(17)18)2-7-12(13)15/h2-8,16H,1H3,(H,17,18). The van der Waals surface area contributed by atoms with Gasteiger partial charge >= 0.3 is 5.97 Å². The molecule has 0 aliphatic rings. The second kappa shape index (κ2) is 6.37. The van der Waals surface area contributed by atoms with Crippen LogP contribution in [-0.2, 0) is 10.0 Å². The number of aromatic carboxylic acids is 1. The molecule has 0 aliphatic heterocycles. The molecule has 2 N–H and O–H groups in total. The Labute approximate surface area is 135 Å². The van der Waals surface area contributed by atoms with Gasteiger partial charge < -0.3 is 9.84 Å². The maximum atomic E-state index is 12.4. The highest BCUT2D eigenvalue weighted by Gasteiger charge is 2.20. The first kappa shape index (κ1) is 16.3. The van der Waals surface area contributed by atoms with Gasteiger partial charge in [0, 0.05) is 10.2 Å². The molecule has 0 atom stereocenters. The summed E-state index contributed by atoms with van der Waals surface area (Å²) in [4.78, 5) is 10.8. The summed E-state index contributed by atoms with van der Waals surface area (Å²) >= 11 is 3.12. The molecule has 0 radical (unpaired) electrons. The molecule has 0 bridgehead atoms. The molecular formula is C14H12BrNO5S. The number of rotatable bonds is 5.